The van der Waals surface area contributed by atoms with Crippen LogP contribution in [0.1, 0.15) is 11.7 Å². The van der Waals surface area contributed by atoms with E-state index in [2.05, 4.69) is 10.3 Å². The van der Waals surface area contributed by atoms with E-state index in [1.165, 1.54) is 0 Å². The second kappa shape index (κ2) is 2.60. The number of aliphatic hydroxyl groups excluding tert-OH is 1. The summed E-state index contributed by atoms with van der Waals surface area (Å²) in [6.07, 6.45) is 1.74. The van der Waals surface area contributed by atoms with Gasteiger partial charge in [-0.05, 0) is 0 Å². The number of ether oxygens (including phenoxy) is 1. The molecule has 0 aromatic carbocycles. The van der Waals surface area contributed by atoms with Crippen LogP contribution in [0.3, 0.4) is 0 Å². The van der Waals surface area contributed by atoms with Crippen LogP contribution < -0.4 is 0 Å². The zero-order valence-corrected chi connectivity index (χ0v) is 5.97. The van der Waals surface area contributed by atoms with Crippen LogP contribution in [-0.4, -0.2) is 33.3 Å². The average molecular weight is 155 g/mol. The molecule has 60 valence electrons. The first-order valence-corrected chi connectivity index (χ1v) is 3.49. The normalized spacial score (nSPS) is 18.3. The van der Waals surface area contributed by atoms with Crippen molar-refractivity contribution < 1.29 is 9.84 Å². The van der Waals surface area contributed by atoms with E-state index in [0.29, 0.717) is 24.9 Å². The molecule has 5 heteroatoms. The number of hydrogen-bond acceptors (Lipinski definition) is 4. The molecule has 0 unspecified atom stereocenters. The van der Waals surface area contributed by atoms with E-state index in [9.17, 15) is 0 Å². The van der Waals surface area contributed by atoms with Crippen molar-refractivity contribution >= 4 is 0 Å². The predicted molar refractivity (Wildman–Crippen MR) is 35.8 cm³/mol. The van der Waals surface area contributed by atoms with Gasteiger partial charge in [0.05, 0.1) is 26.0 Å². The maximum Gasteiger partial charge on any atom is 0.108 e. The third kappa shape index (κ3) is 1.12. The molecule has 2 rings (SSSR count). The molecular formula is C6H9N3O2. The molecule has 0 radical (unpaired) electrons. The third-order valence-corrected chi connectivity index (χ3v) is 1.71. The molecule has 11 heavy (non-hydrogen) atoms. The van der Waals surface area contributed by atoms with E-state index in [1.54, 1.807) is 10.9 Å². The van der Waals surface area contributed by atoms with E-state index in [1.807, 2.05) is 0 Å². The molecule has 1 fully saturated rings. The Bertz CT molecular complexity index is 244. The summed E-state index contributed by atoms with van der Waals surface area (Å²) in [6.45, 7) is 1.36. The average Bonchev–Trinajstić information content (AvgIpc) is 2.32. The molecule has 0 aliphatic carbocycles. The first kappa shape index (κ1) is 6.75. The van der Waals surface area contributed by atoms with Gasteiger partial charge in [-0.2, -0.15) is 0 Å². The Kier molecular flexibility index (Phi) is 1.59. The second-order valence-electron chi connectivity index (χ2n) is 2.54. The Morgan fingerprint density at radius 1 is 1.73 bits per heavy atom. The lowest BCUT2D eigenvalue weighted by atomic mass is 10.3. The summed E-state index contributed by atoms with van der Waals surface area (Å²) in [5.74, 6) is 0. The first-order chi connectivity index (χ1) is 5.40. The summed E-state index contributed by atoms with van der Waals surface area (Å²) >= 11 is 0. The van der Waals surface area contributed by atoms with Crippen LogP contribution in [0.2, 0.25) is 0 Å². The summed E-state index contributed by atoms with van der Waals surface area (Å²) in [5, 5.41) is 16.3. The zero-order valence-electron chi connectivity index (χ0n) is 5.97. The van der Waals surface area contributed by atoms with E-state index >= 15 is 0 Å². The summed E-state index contributed by atoms with van der Waals surface area (Å²) < 4.78 is 6.71. The van der Waals surface area contributed by atoms with Gasteiger partial charge in [0.2, 0.25) is 0 Å². The molecule has 1 aromatic heterocycles. The minimum absolute atomic E-state index is 0.0480. The highest BCUT2D eigenvalue weighted by Gasteiger charge is 2.21. The van der Waals surface area contributed by atoms with E-state index in [4.69, 9.17) is 9.84 Å². The maximum atomic E-state index is 8.68. The Labute approximate surface area is 63.6 Å². The SMILES string of the molecule is OCc1cn(C2COC2)nn1. The predicted octanol–water partition coefficient (Wildman–Crippen LogP) is -0.658. The van der Waals surface area contributed by atoms with Gasteiger partial charge >= 0.3 is 0 Å². The fourth-order valence-electron chi connectivity index (χ4n) is 0.940. The third-order valence-electron chi connectivity index (χ3n) is 1.71. The van der Waals surface area contributed by atoms with Crippen molar-refractivity contribution in [2.75, 3.05) is 13.2 Å². The van der Waals surface area contributed by atoms with E-state index < -0.39 is 0 Å². The number of aromatic nitrogens is 3. The number of hydrogen-bond donors (Lipinski definition) is 1. The topological polar surface area (TPSA) is 60.2 Å². The smallest absolute Gasteiger partial charge is 0.108 e. The summed E-state index contributed by atoms with van der Waals surface area (Å²) in [6, 6.07) is 0.322. The second-order valence-corrected chi connectivity index (χ2v) is 2.54. The minimum atomic E-state index is -0.0480. The number of aliphatic hydroxyl groups is 1. The van der Waals surface area contributed by atoms with Crippen molar-refractivity contribution in [3.05, 3.63) is 11.9 Å². The lowest BCUT2D eigenvalue weighted by molar-refractivity contribution is -0.0294. The zero-order chi connectivity index (χ0) is 7.68. The van der Waals surface area contributed by atoms with Gasteiger partial charge in [0.25, 0.3) is 0 Å². The largest absolute Gasteiger partial charge is 0.390 e. The van der Waals surface area contributed by atoms with Crippen LogP contribution in [-0.2, 0) is 11.3 Å². The van der Waals surface area contributed by atoms with Gasteiger partial charge in [0, 0.05) is 0 Å². The van der Waals surface area contributed by atoms with Crippen LogP contribution >= 0.6 is 0 Å². The number of nitrogens with zero attached hydrogens (tertiary/aromatic N) is 3. The lowest BCUT2D eigenvalue weighted by Crippen LogP contribution is -2.30. The summed E-state index contributed by atoms with van der Waals surface area (Å²) in [4.78, 5) is 0. The van der Waals surface area contributed by atoms with Crippen molar-refractivity contribution in [3.63, 3.8) is 0 Å². The van der Waals surface area contributed by atoms with Crippen LogP contribution in [0.4, 0.5) is 0 Å². The Morgan fingerprint density at radius 2 is 2.55 bits per heavy atom. The number of rotatable bonds is 2. The highest BCUT2D eigenvalue weighted by molar-refractivity contribution is 4.91. The van der Waals surface area contributed by atoms with Crippen molar-refractivity contribution in [1.29, 1.82) is 0 Å². The molecule has 1 aliphatic rings. The van der Waals surface area contributed by atoms with Crippen LogP contribution in [0.25, 0.3) is 0 Å². The molecule has 0 amide bonds. The van der Waals surface area contributed by atoms with Gasteiger partial charge in [-0.1, -0.05) is 5.21 Å². The minimum Gasteiger partial charge on any atom is -0.390 e. The lowest BCUT2D eigenvalue weighted by Gasteiger charge is -2.25. The molecule has 5 nitrogen and oxygen atoms in total. The Morgan fingerprint density at radius 3 is 3.00 bits per heavy atom. The standard InChI is InChI=1S/C6H9N3O2/c10-2-5-1-9(8-7-5)6-3-11-4-6/h1,6,10H,2-4H2. The summed E-state index contributed by atoms with van der Waals surface area (Å²) in [5.41, 5.74) is 0.608. The Hall–Kier alpha value is -0.940. The fourth-order valence-corrected chi connectivity index (χ4v) is 0.940. The van der Waals surface area contributed by atoms with Crippen molar-refractivity contribution in [2.45, 2.75) is 12.6 Å². The maximum absolute atomic E-state index is 8.68. The molecule has 1 aromatic rings. The van der Waals surface area contributed by atoms with Crippen LogP contribution in [0, 0.1) is 0 Å². The molecule has 0 spiro atoms. The van der Waals surface area contributed by atoms with Crippen LogP contribution in [0.15, 0.2) is 6.20 Å². The van der Waals surface area contributed by atoms with Crippen molar-refractivity contribution in [2.24, 2.45) is 0 Å². The molecule has 0 saturated carbocycles. The molecule has 1 saturated heterocycles. The van der Waals surface area contributed by atoms with Crippen LogP contribution in [0.5, 0.6) is 0 Å². The van der Waals surface area contributed by atoms with E-state index in [-0.39, 0.29) is 6.61 Å². The molecule has 2 heterocycles. The van der Waals surface area contributed by atoms with E-state index in [0.717, 1.165) is 0 Å². The van der Waals surface area contributed by atoms with Gasteiger partial charge < -0.3 is 9.84 Å². The van der Waals surface area contributed by atoms with Gasteiger partial charge in [-0.25, -0.2) is 4.68 Å². The van der Waals surface area contributed by atoms with Crippen molar-refractivity contribution in [3.8, 4) is 0 Å². The highest BCUT2D eigenvalue weighted by Crippen LogP contribution is 2.15. The van der Waals surface area contributed by atoms with Crippen molar-refractivity contribution in [1.82, 2.24) is 15.0 Å². The quantitative estimate of drug-likeness (QED) is 0.616. The summed E-state index contributed by atoms with van der Waals surface area (Å²) in [7, 11) is 0. The fraction of sp³-hybridized carbons (Fsp3) is 0.667. The molecule has 1 aliphatic heterocycles. The highest BCUT2D eigenvalue weighted by atomic mass is 16.5. The molecular weight excluding hydrogens is 146 g/mol. The Balaban J connectivity index is 2.11. The van der Waals surface area contributed by atoms with Gasteiger partial charge in [0.15, 0.2) is 0 Å². The van der Waals surface area contributed by atoms with Gasteiger partial charge in [-0.15, -0.1) is 5.10 Å². The monoisotopic (exact) mass is 155 g/mol. The first-order valence-electron chi connectivity index (χ1n) is 3.49. The molecule has 1 N–H and O–H groups in total. The van der Waals surface area contributed by atoms with Gasteiger partial charge in [0.1, 0.15) is 11.7 Å². The molecule has 0 atom stereocenters. The molecule has 0 bridgehead atoms. The van der Waals surface area contributed by atoms with Gasteiger partial charge in [-0.3, -0.25) is 0 Å².